The fourth-order valence-electron chi connectivity index (χ4n) is 1.69. The van der Waals surface area contributed by atoms with Crippen LogP contribution in [0.2, 0.25) is 0 Å². The van der Waals surface area contributed by atoms with Crippen molar-refractivity contribution in [2.45, 2.75) is 12.8 Å². The molecule has 0 radical (unpaired) electrons. The van der Waals surface area contributed by atoms with Crippen LogP contribution in [0, 0.1) is 0 Å². The Morgan fingerprint density at radius 1 is 1.47 bits per heavy atom. The lowest BCUT2D eigenvalue weighted by molar-refractivity contribution is 0.0980. The second-order valence-electron chi connectivity index (χ2n) is 3.86. The van der Waals surface area contributed by atoms with E-state index in [1.807, 2.05) is 7.05 Å². The maximum Gasteiger partial charge on any atom is 0.417 e. The van der Waals surface area contributed by atoms with Gasteiger partial charge in [-0.1, -0.05) is 0 Å². The molecule has 1 aromatic heterocycles. The molecule has 0 fully saturated rings. The van der Waals surface area contributed by atoms with Crippen LogP contribution >= 0.6 is 0 Å². The number of hydrogen-bond donors (Lipinski definition) is 2. The first-order valence-electron chi connectivity index (χ1n) is 5.51. The molecule has 0 unspecified atom stereocenters. The number of carbonyl (C=O) groups excluding carboxylic acids is 1. The average molecular weight is 234 g/mol. The summed E-state index contributed by atoms with van der Waals surface area (Å²) in [4.78, 5) is 25.3. The van der Waals surface area contributed by atoms with E-state index < -0.39 is 5.76 Å². The molecule has 2 rings (SSSR count). The van der Waals surface area contributed by atoms with Gasteiger partial charge in [0.05, 0.1) is 5.52 Å². The van der Waals surface area contributed by atoms with Crippen molar-refractivity contribution in [3.05, 3.63) is 34.3 Å². The summed E-state index contributed by atoms with van der Waals surface area (Å²) in [6, 6.07) is 5.00. The number of benzene rings is 1. The Morgan fingerprint density at radius 2 is 2.29 bits per heavy atom. The van der Waals surface area contributed by atoms with Crippen molar-refractivity contribution in [3.63, 3.8) is 0 Å². The number of carbonyl (C=O) groups is 1. The van der Waals surface area contributed by atoms with E-state index in [9.17, 15) is 9.59 Å². The number of aromatic amines is 1. The number of nitrogens with one attached hydrogen (secondary N) is 2. The van der Waals surface area contributed by atoms with E-state index in [1.54, 1.807) is 18.2 Å². The van der Waals surface area contributed by atoms with Crippen molar-refractivity contribution in [1.82, 2.24) is 10.3 Å². The second-order valence-corrected chi connectivity index (χ2v) is 3.86. The average Bonchev–Trinajstić information content (AvgIpc) is 2.68. The van der Waals surface area contributed by atoms with Crippen molar-refractivity contribution in [1.29, 1.82) is 0 Å². The van der Waals surface area contributed by atoms with Crippen LogP contribution in [0.3, 0.4) is 0 Å². The quantitative estimate of drug-likeness (QED) is 0.604. The molecule has 2 N–H and O–H groups in total. The molecular weight excluding hydrogens is 220 g/mol. The topological polar surface area (TPSA) is 75.1 Å². The van der Waals surface area contributed by atoms with Gasteiger partial charge < -0.3 is 9.73 Å². The van der Waals surface area contributed by atoms with Gasteiger partial charge in [0.2, 0.25) is 0 Å². The molecule has 0 atom stereocenters. The maximum absolute atomic E-state index is 11.8. The first-order valence-corrected chi connectivity index (χ1v) is 5.51. The molecule has 0 bridgehead atoms. The standard InChI is InChI=1S/C12H14N2O3/c1-13-6-2-3-10(15)8-4-5-9-11(7-8)17-12(16)14-9/h4-5,7,13H,2-3,6H2,1H3,(H,14,16). The molecule has 2 aromatic rings. The lowest BCUT2D eigenvalue weighted by Crippen LogP contribution is -2.10. The third kappa shape index (κ3) is 2.62. The predicted molar refractivity (Wildman–Crippen MR) is 64.3 cm³/mol. The summed E-state index contributed by atoms with van der Waals surface area (Å²) in [7, 11) is 1.85. The molecular formula is C12H14N2O3. The second kappa shape index (κ2) is 4.97. The summed E-state index contributed by atoms with van der Waals surface area (Å²) in [5.74, 6) is -0.439. The number of aromatic nitrogens is 1. The van der Waals surface area contributed by atoms with Crippen LogP contribution in [0.5, 0.6) is 0 Å². The summed E-state index contributed by atoms with van der Waals surface area (Å²) in [5, 5.41) is 2.99. The van der Waals surface area contributed by atoms with Crippen molar-refractivity contribution < 1.29 is 9.21 Å². The summed E-state index contributed by atoms with van der Waals surface area (Å²) < 4.78 is 4.91. The Balaban J connectivity index is 2.17. The summed E-state index contributed by atoms with van der Waals surface area (Å²) in [5.41, 5.74) is 1.62. The molecule has 5 heteroatoms. The smallest absolute Gasteiger partial charge is 0.408 e. The van der Waals surface area contributed by atoms with Crippen LogP contribution in [0.15, 0.2) is 27.4 Å². The van der Waals surface area contributed by atoms with Crippen molar-refractivity contribution in [2.24, 2.45) is 0 Å². The van der Waals surface area contributed by atoms with E-state index in [-0.39, 0.29) is 5.78 Å². The van der Waals surface area contributed by atoms with E-state index in [0.717, 1.165) is 13.0 Å². The first-order chi connectivity index (χ1) is 8.20. The fraction of sp³-hybridized carbons (Fsp3) is 0.333. The minimum absolute atomic E-state index is 0.0611. The highest BCUT2D eigenvalue weighted by Gasteiger charge is 2.08. The molecule has 90 valence electrons. The number of fused-ring (bicyclic) bond motifs is 1. The summed E-state index contributed by atoms with van der Waals surface area (Å²) in [6.07, 6.45) is 1.28. The van der Waals surface area contributed by atoms with Crippen molar-refractivity contribution in [2.75, 3.05) is 13.6 Å². The number of rotatable bonds is 5. The van der Waals surface area contributed by atoms with Crippen LogP contribution in [0.4, 0.5) is 0 Å². The molecule has 0 saturated heterocycles. The minimum Gasteiger partial charge on any atom is -0.408 e. The number of H-pyrrole nitrogens is 1. The Hall–Kier alpha value is -1.88. The lowest BCUT2D eigenvalue weighted by atomic mass is 10.1. The Morgan fingerprint density at radius 3 is 3.06 bits per heavy atom. The summed E-state index contributed by atoms with van der Waals surface area (Å²) in [6.45, 7) is 0.813. The van der Waals surface area contributed by atoms with E-state index >= 15 is 0 Å². The maximum atomic E-state index is 11.8. The lowest BCUT2D eigenvalue weighted by Gasteiger charge is -2.00. The van der Waals surface area contributed by atoms with Gasteiger partial charge in [-0.2, -0.15) is 0 Å². The highest BCUT2D eigenvalue weighted by molar-refractivity contribution is 5.98. The zero-order chi connectivity index (χ0) is 12.3. The summed E-state index contributed by atoms with van der Waals surface area (Å²) >= 11 is 0. The predicted octanol–water partition coefficient (Wildman–Crippen LogP) is 1.30. The van der Waals surface area contributed by atoms with Gasteiger partial charge in [0.1, 0.15) is 0 Å². The van der Waals surface area contributed by atoms with Crippen LogP contribution < -0.4 is 11.1 Å². The minimum atomic E-state index is -0.500. The third-order valence-electron chi connectivity index (χ3n) is 2.57. The zero-order valence-electron chi connectivity index (χ0n) is 9.58. The largest absolute Gasteiger partial charge is 0.417 e. The van der Waals surface area contributed by atoms with Crippen LogP contribution in [-0.2, 0) is 0 Å². The van der Waals surface area contributed by atoms with Crippen LogP contribution in [0.25, 0.3) is 11.1 Å². The zero-order valence-corrected chi connectivity index (χ0v) is 9.58. The first kappa shape index (κ1) is 11.6. The van der Waals surface area contributed by atoms with E-state index in [4.69, 9.17) is 4.42 Å². The molecule has 17 heavy (non-hydrogen) atoms. The number of hydrogen-bond acceptors (Lipinski definition) is 4. The van der Waals surface area contributed by atoms with Gasteiger partial charge in [-0.25, -0.2) is 4.79 Å². The van der Waals surface area contributed by atoms with Crippen molar-refractivity contribution in [3.8, 4) is 0 Å². The van der Waals surface area contributed by atoms with Gasteiger partial charge in [0.25, 0.3) is 0 Å². The van der Waals surface area contributed by atoms with E-state index in [2.05, 4.69) is 10.3 Å². The SMILES string of the molecule is CNCCCC(=O)c1ccc2[nH]c(=O)oc2c1. The molecule has 0 aliphatic heterocycles. The Kier molecular flexibility index (Phi) is 3.39. The van der Waals surface area contributed by atoms with Gasteiger partial charge >= 0.3 is 5.76 Å². The van der Waals surface area contributed by atoms with Crippen LogP contribution in [0.1, 0.15) is 23.2 Å². The third-order valence-corrected chi connectivity index (χ3v) is 2.57. The molecule has 1 heterocycles. The normalized spacial score (nSPS) is 10.9. The molecule has 0 amide bonds. The molecule has 5 nitrogen and oxygen atoms in total. The van der Waals surface area contributed by atoms with Crippen LogP contribution in [-0.4, -0.2) is 24.4 Å². The molecule has 0 aliphatic carbocycles. The van der Waals surface area contributed by atoms with Gasteiger partial charge in [0.15, 0.2) is 11.4 Å². The van der Waals surface area contributed by atoms with E-state index in [0.29, 0.717) is 23.1 Å². The van der Waals surface area contributed by atoms with Crippen molar-refractivity contribution >= 4 is 16.9 Å². The molecule has 0 spiro atoms. The Bertz CT molecular complexity index is 583. The number of oxazole rings is 1. The van der Waals surface area contributed by atoms with Gasteiger partial charge in [0, 0.05) is 12.0 Å². The van der Waals surface area contributed by atoms with Gasteiger partial charge in [-0.05, 0) is 38.2 Å². The number of ketones is 1. The molecule has 0 aliphatic rings. The van der Waals surface area contributed by atoms with Gasteiger partial charge in [-0.15, -0.1) is 0 Å². The number of Topliss-reactive ketones (excluding diaryl/α,β-unsaturated/α-hetero) is 1. The van der Waals surface area contributed by atoms with Gasteiger partial charge in [-0.3, -0.25) is 9.78 Å². The monoisotopic (exact) mass is 234 g/mol. The highest BCUT2D eigenvalue weighted by Crippen LogP contribution is 2.14. The highest BCUT2D eigenvalue weighted by atomic mass is 16.4. The molecule has 0 saturated carbocycles. The molecule has 1 aromatic carbocycles. The van der Waals surface area contributed by atoms with E-state index in [1.165, 1.54) is 0 Å². The fourth-order valence-corrected chi connectivity index (χ4v) is 1.69. The Labute approximate surface area is 97.8 Å².